The average Bonchev–Trinajstić information content (AvgIpc) is 2.10. The third kappa shape index (κ3) is 2.38. The number of phenols is 1. The summed E-state index contributed by atoms with van der Waals surface area (Å²) < 4.78 is 0. The predicted molar refractivity (Wildman–Crippen MR) is 53.8 cm³/mol. The molecule has 0 aliphatic heterocycles. The summed E-state index contributed by atoms with van der Waals surface area (Å²) in [6.07, 6.45) is 0. The van der Waals surface area contributed by atoms with Gasteiger partial charge in [-0.3, -0.25) is 0 Å². The lowest BCUT2D eigenvalue weighted by Gasteiger charge is -2.01. The molecule has 3 N–H and O–H groups in total. The maximum atomic E-state index is 9.35. The lowest BCUT2D eigenvalue weighted by Crippen LogP contribution is -1.93. The van der Waals surface area contributed by atoms with Crippen molar-refractivity contribution in [3.8, 4) is 17.6 Å². The van der Waals surface area contributed by atoms with Gasteiger partial charge in [-0.25, -0.2) is 0 Å². The van der Waals surface area contributed by atoms with Gasteiger partial charge in [0.2, 0.25) is 0 Å². The molecule has 0 heterocycles. The van der Waals surface area contributed by atoms with Crippen molar-refractivity contribution in [3.05, 3.63) is 28.3 Å². The van der Waals surface area contributed by atoms with Gasteiger partial charge in [0.25, 0.3) is 0 Å². The summed E-state index contributed by atoms with van der Waals surface area (Å²) in [4.78, 5) is 0. The Morgan fingerprint density at radius 3 is 2.77 bits per heavy atom. The zero-order valence-electron chi connectivity index (χ0n) is 7.26. The minimum atomic E-state index is 0.111. The molecule has 0 unspecified atom stereocenters. The average molecular weight is 196 g/mol. The molecule has 0 atom stereocenters. The van der Waals surface area contributed by atoms with Crippen molar-refractivity contribution >= 4 is 11.6 Å². The van der Waals surface area contributed by atoms with Crippen molar-refractivity contribution in [2.75, 3.05) is 6.54 Å². The van der Waals surface area contributed by atoms with Crippen LogP contribution in [-0.2, 0) is 0 Å². The van der Waals surface area contributed by atoms with Crippen LogP contribution in [0.3, 0.4) is 0 Å². The minimum absolute atomic E-state index is 0.111. The molecular weight excluding hydrogens is 186 g/mol. The molecule has 0 spiro atoms. The first-order valence-corrected chi connectivity index (χ1v) is 4.21. The predicted octanol–water partition coefficient (Wildman–Crippen LogP) is 1.66. The lowest BCUT2D eigenvalue weighted by atomic mass is 10.1. The summed E-state index contributed by atoms with van der Waals surface area (Å²) in [6, 6.07) is 3.39. The monoisotopic (exact) mass is 195 g/mol. The van der Waals surface area contributed by atoms with Crippen LogP contribution in [0.2, 0.25) is 5.02 Å². The molecule has 1 aromatic carbocycles. The molecular formula is C10H10ClNO. The molecule has 0 saturated carbocycles. The Hall–Kier alpha value is -1.17. The molecule has 0 aliphatic carbocycles. The van der Waals surface area contributed by atoms with E-state index in [1.54, 1.807) is 19.1 Å². The van der Waals surface area contributed by atoms with Crippen LogP contribution in [0, 0.1) is 18.8 Å². The Bertz CT molecular complexity index is 353. The fourth-order valence-electron chi connectivity index (χ4n) is 0.962. The molecule has 0 radical (unpaired) electrons. The third-order valence-electron chi connectivity index (χ3n) is 1.59. The zero-order valence-corrected chi connectivity index (χ0v) is 8.02. The number of aromatic hydroxyl groups is 1. The molecule has 1 rings (SSSR count). The highest BCUT2D eigenvalue weighted by atomic mass is 35.5. The first-order chi connectivity index (χ1) is 6.15. The van der Waals surface area contributed by atoms with Crippen LogP contribution < -0.4 is 5.73 Å². The van der Waals surface area contributed by atoms with Gasteiger partial charge in [-0.05, 0) is 24.6 Å². The molecule has 0 aromatic heterocycles. The van der Waals surface area contributed by atoms with Crippen molar-refractivity contribution in [2.24, 2.45) is 5.73 Å². The lowest BCUT2D eigenvalue weighted by molar-refractivity contribution is 0.471. The van der Waals surface area contributed by atoms with Gasteiger partial charge in [0.1, 0.15) is 5.75 Å². The minimum Gasteiger partial charge on any atom is -0.506 e. The Kier molecular flexibility index (Phi) is 3.18. The van der Waals surface area contributed by atoms with Gasteiger partial charge in [0.15, 0.2) is 0 Å². The number of aryl methyl sites for hydroxylation is 1. The number of halogens is 1. The third-order valence-corrected chi connectivity index (χ3v) is 1.88. The molecule has 0 saturated heterocycles. The van der Waals surface area contributed by atoms with Crippen LogP contribution in [0.1, 0.15) is 11.1 Å². The van der Waals surface area contributed by atoms with Crippen LogP contribution in [-0.4, -0.2) is 11.7 Å². The number of hydrogen-bond donors (Lipinski definition) is 2. The van der Waals surface area contributed by atoms with Crippen LogP contribution in [0.4, 0.5) is 0 Å². The van der Waals surface area contributed by atoms with E-state index in [-0.39, 0.29) is 5.75 Å². The summed E-state index contributed by atoms with van der Waals surface area (Å²) in [5.74, 6) is 5.67. The molecule has 1 aromatic rings. The Morgan fingerprint density at radius 2 is 2.23 bits per heavy atom. The van der Waals surface area contributed by atoms with Gasteiger partial charge in [-0.1, -0.05) is 23.4 Å². The van der Waals surface area contributed by atoms with E-state index >= 15 is 0 Å². The summed E-state index contributed by atoms with van der Waals surface area (Å²) in [5, 5.41) is 9.67. The van der Waals surface area contributed by atoms with E-state index in [1.807, 2.05) is 0 Å². The highest BCUT2D eigenvalue weighted by molar-refractivity contribution is 6.32. The molecule has 0 aliphatic rings. The van der Waals surface area contributed by atoms with Gasteiger partial charge < -0.3 is 10.8 Å². The van der Waals surface area contributed by atoms with Gasteiger partial charge in [0, 0.05) is 5.56 Å². The summed E-state index contributed by atoms with van der Waals surface area (Å²) in [6.45, 7) is 2.09. The van der Waals surface area contributed by atoms with Gasteiger partial charge in [-0.2, -0.15) is 0 Å². The maximum absolute atomic E-state index is 9.35. The van der Waals surface area contributed by atoms with Crippen molar-refractivity contribution < 1.29 is 5.11 Å². The molecule has 0 amide bonds. The number of phenolic OH excluding ortho intramolecular Hbond substituents is 1. The summed E-state index contributed by atoms with van der Waals surface area (Å²) in [7, 11) is 0. The van der Waals surface area contributed by atoms with Crippen molar-refractivity contribution in [1.82, 2.24) is 0 Å². The number of hydrogen-bond acceptors (Lipinski definition) is 2. The van der Waals surface area contributed by atoms with Crippen molar-refractivity contribution in [3.63, 3.8) is 0 Å². The second-order valence-electron chi connectivity index (χ2n) is 2.63. The van der Waals surface area contributed by atoms with Crippen LogP contribution >= 0.6 is 11.6 Å². The molecule has 3 heteroatoms. The standard InChI is InChI=1S/C10H10ClNO/c1-7-5-8(3-2-4-12)6-9(11)10(7)13/h5-6,13H,4,12H2,1H3. The SMILES string of the molecule is Cc1cc(C#CCN)cc(Cl)c1O. The number of rotatable bonds is 0. The van der Waals surface area contributed by atoms with E-state index in [2.05, 4.69) is 11.8 Å². The first-order valence-electron chi connectivity index (χ1n) is 3.83. The largest absolute Gasteiger partial charge is 0.506 e. The fourth-order valence-corrected chi connectivity index (χ4v) is 1.23. The van der Waals surface area contributed by atoms with Gasteiger partial charge in [0.05, 0.1) is 11.6 Å². The van der Waals surface area contributed by atoms with Crippen molar-refractivity contribution in [2.45, 2.75) is 6.92 Å². The normalized spacial score (nSPS) is 9.15. The van der Waals surface area contributed by atoms with E-state index in [4.69, 9.17) is 17.3 Å². The van der Waals surface area contributed by atoms with E-state index in [1.165, 1.54) is 0 Å². The highest BCUT2D eigenvalue weighted by Gasteiger charge is 2.02. The molecule has 68 valence electrons. The Morgan fingerprint density at radius 1 is 1.54 bits per heavy atom. The second kappa shape index (κ2) is 4.18. The van der Waals surface area contributed by atoms with E-state index < -0.39 is 0 Å². The summed E-state index contributed by atoms with van der Waals surface area (Å²) >= 11 is 5.75. The molecule has 13 heavy (non-hydrogen) atoms. The Balaban J connectivity index is 3.13. The van der Waals surface area contributed by atoms with E-state index in [0.717, 1.165) is 5.56 Å². The highest BCUT2D eigenvalue weighted by Crippen LogP contribution is 2.27. The fraction of sp³-hybridized carbons (Fsp3) is 0.200. The van der Waals surface area contributed by atoms with E-state index in [0.29, 0.717) is 17.1 Å². The van der Waals surface area contributed by atoms with Gasteiger partial charge >= 0.3 is 0 Å². The Labute approximate surface area is 82.3 Å². The zero-order chi connectivity index (χ0) is 9.84. The van der Waals surface area contributed by atoms with Crippen LogP contribution in [0.25, 0.3) is 0 Å². The van der Waals surface area contributed by atoms with Crippen LogP contribution in [0.15, 0.2) is 12.1 Å². The smallest absolute Gasteiger partial charge is 0.137 e. The van der Waals surface area contributed by atoms with Gasteiger partial charge in [-0.15, -0.1) is 0 Å². The molecule has 0 bridgehead atoms. The van der Waals surface area contributed by atoms with Crippen molar-refractivity contribution in [1.29, 1.82) is 0 Å². The molecule has 2 nitrogen and oxygen atoms in total. The first kappa shape index (κ1) is 9.91. The molecule has 0 fully saturated rings. The topological polar surface area (TPSA) is 46.2 Å². The number of benzene rings is 1. The maximum Gasteiger partial charge on any atom is 0.137 e. The van der Waals surface area contributed by atoms with E-state index in [9.17, 15) is 5.11 Å². The number of nitrogens with two attached hydrogens (primary N) is 1. The quantitative estimate of drug-likeness (QED) is 0.619. The van der Waals surface area contributed by atoms with Crippen LogP contribution in [0.5, 0.6) is 5.75 Å². The second-order valence-corrected chi connectivity index (χ2v) is 3.04. The summed E-state index contributed by atoms with van der Waals surface area (Å²) in [5.41, 5.74) is 6.71.